The van der Waals surface area contributed by atoms with Crippen molar-refractivity contribution >= 4 is 28.2 Å². The third kappa shape index (κ3) is 4.22. The summed E-state index contributed by atoms with van der Waals surface area (Å²) in [6.45, 7) is 1.09. The van der Waals surface area contributed by atoms with Gasteiger partial charge in [0.15, 0.2) is 0 Å². The number of Topliss-reactive ketones (excluding diaryl/α,β-unsaturated/α-hetero) is 1. The SMILES string of the molecule is COc1ccc(C2C(=C(O)c3ccc4ccccc4c3O)C(=O)C(=O)N2CCCN(C)C)cc1. The highest BCUT2D eigenvalue weighted by atomic mass is 16.5. The summed E-state index contributed by atoms with van der Waals surface area (Å²) in [6, 6.07) is 16.8. The van der Waals surface area contributed by atoms with Crippen LogP contribution in [0.4, 0.5) is 0 Å². The lowest BCUT2D eigenvalue weighted by molar-refractivity contribution is -0.139. The molecule has 7 nitrogen and oxygen atoms in total. The number of aromatic hydroxyl groups is 1. The number of phenolic OH excluding ortho intramolecular Hbond substituents is 1. The van der Waals surface area contributed by atoms with Gasteiger partial charge in [-0.05, 0) is 56.2 Å². The Morgan fingerprint density at radius 3 is 2.41 bits per heavy atom. The van der Waals surface area contributed by atoms with E-state index in [0.29, 0.717) is 29.7 Å². The predicted molar refractivity (Wildman–Crippen MR) is 131 cm³/mol. The van der Waals surface area contributed by atoms with Crippen LogP contribution in [-0.2, 0) is 9.59 Å². The summed E-state index contributed by atoms with van der Waals surface area (Å²) in [7, 11) is 5.44. The smallest absolute Gasteiger partial charge is 0.295 e. The number of phenols is 1. The Hall–Kier alpha value is -3.84. The van der Waals surface area contributed by atoms with Gasteiger partial charge in [-0.25, -0.2) is 0 Å². The van der Waals surface area contributed by atoms with E-state index in [0.717, 1.165) is 11.9 Å². The number of ketones is 1. The zero-order valence-corrected chi connectivity index (χ0v) is 19.5. The number of benzene rings is 3. The van der Waals surface area contributed by atoms with Crippen LogP contribution in [0.15, 0.2) is 66.2 Å². The first kappa shape index (κ1) is 23.3. The molecule has 0 bridgehead atoms. The van der Waals surface area contributed by atoms with E-state index in [1.807, 2.05) is 31.1 Å². The van der Waals surface area contributed by atoms with Gasteiger partial charge in [0.25, 0.3) is 11.7 Å². The number of carbonyl (C=O) groups is 2. The van der Waals surface area contributed by atoms with Gasteiger partial charge in [0.2, 0.25) is 0 Å². The number of likely N-dealkylation sites (tertiary alicyclic amines) is 1. The Bertz CT molecular complexity index is 1260. The Morgan fingerprint density at radius 1 is 1.03 bits per heavy atom. The zero-order chi connectivity index (χ0) is 24.4. The van der Waals surface area contributed by atoms with Gasteiger partial charge in [-0.15, -0.1) is 0 Å². The van der Waals surface area contributed by atoms with Crippen LogP contribution in [0.1, 0.15) is 23.6 Å². The Labute approximate surface area is 198 Å². The molecule has 1 amide bonds. The summed E-state index contributed by atoms with van der Waals surface area (Å²) in [6.07, 6.45) is 0.661. The van der Waals surface area contributed by atoms with Crippen LogP contribution in [0, 0.1) is 0 Å². The zero-order valence-electron chi connectivity index (χ0n) is 19.5. The summed E-state index contributed by atoms with van der Waals surface area (Å²) in [5.41, 5.74) is 0.751. The van der Waals surface area contributed by atoms with E-state index in [-0.39, 0.29) is 16.9 Å². The highest BCUT2D eigenvalue weighted by Crippen LogP contribution is 2.42. The molecule has 34 heavy (non-hydrogen) atoms. The third-order valence-electron chi connectivity index (χ3n) is 6.13. The number of amides is 1. The minimum atomic E-state index is -0.779. The maximum atomic E-state index is 13.2. The topological polar surface area (TPSA) is 90.3 Å². The summed E-state index contributed by atoms with van der Waals surface area (Å²) in [5, 5.41) is 23.5. The Kier molecular flexibility index (Phi) is 6.56. The van der Waals surface area contributed by atoms with E-state index in [9.17, 15) is 19.8 Å². The van der Waals surface area contributed by atoms with Gasteiger partial charge < -0.3 is 24.7 Å². The summed E-state index contributed by atoms with van der Waals surface area (Å²) in [4.78, 5) is 29.7. The summed E-state index contributed by atoms with van der Waals surface area (Å²) >= 11 is 0. The minimum absolute atomic E-state index is 0.0365. The van der Waals surface area contributed by atoms with Crippen LogP contribution in [0.5, 0.6) is 11.5 Å². The first-order chi connectivity index (χ1) is 16.3. The molecule has 0 saturated carbocycles. The maximum absolute atomic E-state index is 13.2. The van der Waals surface area contributed by atoms with E-state index >= 15 is 0 Å². The normalized spacial score (nSPS) is 17.6. The molecule has 0 aliphatic carbocycles. The average Bonchev–Trinajstić information content (AvgIpc) is 3.09. The van der Waals surface area contributed by atoms with Crippen LogP contribution in [-0.4, -0.2) is 66.0 Å². The average molecular weight is 461 g/mol. The number of hydrogen-bond donors (Lipinski definition) is 2. The molecule has 1 saturated heterocycles. The number of nitrogens with zero attached hydrogens (tertiary/aromatic N) is 2. The Balaban J connectivity index is 1.85. The third-order valence-corrected chi connectivity index (χ3v) is 6.13. The molecule has 4 rings (SSSR count). The number of aliphatic hydroxyl groups is 1. The molecule has 3 aromatic rings. The van der Waals surface area contributed by atoms with Gasteiger partial charge in [0, 0.05) is 11.9 Å². The van der Waals surface area contributed by atoms with Gasteiger partial charge in [-0.3, -0.25) is 9.59 Å². The molecule has 1 atom stereocenters. The molecule has 0 aromatic heterocycles. The number of rotatable bonds is 7. The minimum Gasteiger partial charge on any atom is -0.507 e. The monoisotopic (exact) mass is 460 g/mol. The molecule has 1 aliphatic rings. The fraction of sp³-hybridized carbons (Fsp3) is 0.259. The van der Waals surface area contributed by atoms with E-state index in [2.05, 4.69) is 0 Å². The fourth-order valence-corrected chi connectivity index (χ4v) is 4.39. The van der Waals surface area contributed by atoms with Crippen molar-refractivity contribution in [2.75, 3.05) is 34.3 Å². The highest BCUT2D eigenvalue weighted by Gasteiger charge is 2.46. The number of hydrogen-bond acceptors (Lipinski definition) is 6. The van der Waals surface area contributed by atoms with Crippen molar-refractivity contribution in [3.63, 3.8) is 0 Å². The van der Waals surface area contributed by atoms with Gasteiger partial charge >= 0.3 is 0 Å². The molecule has 2 N–H and O–H groups in total. The summed E-state index contributed by atoms with van der Waals surface area (Å²) in [5.74, 6) is -1.32. The molecule has 0 radical (unpaired) electrons. The molecule has 1 heterocycles. The Morgan fingerprint density at radius 2 is 1.74 bits per heavy atom. The predicted octanol–water partition coefficient (Wildman–Crippen LogP) is 3.93. The van der Waals surface area contributed by atoms with Gasteiger partial charge in [0.1, 0.15) is 17.3 Å². The molecule has 0 spiro atoms. The van der Waals surface area contributed by atoms with Crippen molar-refractivity contribution in [1.82, 2.24) is 9.80 Å². The van der Waals surface area contributed by atoms with Gasteiger partial charge in [-0.1, -0.05) is 42.5 Å². The lowest BCUT2D eigenvalue weighted by Crippen LogP contribution is -2.32. The van der Waals surface area contributed by atoms with Crippen LogP contribution in [0.2, 0.25) is 0 Å². The van der Waals surface area contributed by atoms with Crippen LogP contribution < -0.4 is 4.74 Å². The molecular formula is C27H28N2O5. The number of aliphatic hydroxyl groups excluding tert-OH is 1. The first-order valence-electron chi connectivity index (χ1n) is 11.1. The second kappa shape index (κ2) is 9.57. The molecule has 1 fully saturated rings. The number of carbonyl (C=O) groups excluding carboxylic acids is 2. The quantitative estimate of drug-likeness (QED) is 0.316. The number of ether oxygens (including phenoxy) is 1. The lowest BCUT2D eigenvalue weighted by Gasteiger charge is -2.26. The molecular weight excluding hydrogens is 432 g/mol. The lowest BCUT2D eigenvalue weighted by atomic mass is 9.94. The van der Waals surface area contributed by atoms with Crippen LogP contribution >= 0.6 is 0 Å². The number of fused-ring (bicyclic) bond motifs is 1. The summed E-state index contributed by atoms with van der Waals surface area (Å²) < 4.78 is 5.24. The number of methoxy groups -OCH3 is 1. The van der Waals surface area contributed by atoms with E-state index in [1.165, 1.54) is 4.90 Å². The second-order valence-electron chi connectivity index (χ2n) is 8.61. The van der Waals surface area contributed by atoms with Gasteiger partial charge in [0.05, 0.1) is 24.3 Å². The van der Waals surface area contributed by atoms with E-state index in [4.69, 9.17) is 4.74 Å². The maximum Gasteiger partial charge on any atom is 0.295 e. The van der Waals surface area contributed by atoms with Crippen LogP contribution in [0.3, 0.4) is 0 Å². The van der Waals surface area contributed by atoms with Crippen molar-refractivity contribution in [2.24, 2.45) is 0 Å². The fourth-order valence-electron chi connectivity index (χ4n) is 4.39. The van der Waals surface area contributed by atoms with Crippen molar-refractivity contribution < 1.29 is 24.5 Å². The standard InChI is InChI=1S/C27H28N2O5/c1-28(2)15-6-16-29-23(18-9-12-19(34-3)13-10-18)22(26(32)27(29)33)25(31)21-14-11-17-7-4-5-8-20(17)24(21)30/h4-5,7-14,23,30-31H,6,15-16H2,1-3H3. The van der Waals surface area contributed by atoms with E-state index < -0.39 is 23.5 Å². The van der Waals surface area contributed by atoms with E-state index in [1.54, 1.807) is 55.6 Å². The highest BCUT2D eigenvalue weighted by molar-refractivity contribution is 6.46. The van der Waals surface area contributed by atoms with Crippen molar-refractivity contribution in [1.29, 1.82) is 0 Å². The van der Waals surface area contributed by atoms with Crippen LogP contribution in [0.25, 0.3) is 16.5 Å². The first-order valence-corrected chi connectivity index (χ1v) is 11.1. The van der Waals surface area contributed by atoms with Gasteiger partial charge in [-0.2, -0.15) is 0 Å². The molecule has 3 aromatic carbocycles. The molecule has 1 aliphatic heterocycles. The van der Waals surface area contributed by atoms with Crippen molar-refractivity contribution in [2.45, 2.75) is 12.5 Å². The van der Waals surface area contributed by atoms with Crippen molar-refractivity contribution in [3.8, 4) is 11.5 Å². The molecule has 176 valence electrons. The largest absolute Gasteiger partial charge is 0.507 e. The second-order valence-corrected chi connectivity index (χ2v) is 8.61. The molecule has 7 heteroatoms. The molecule has 1 unspecified atom stereocenters. The van der Waals surface area contributed by atoms with Crippen molar-refractivity contribution in [3.05, 3.63) is 77.4 Å².